The zero-order valence-corrected chi connectivity index (χ0v) is 10.1. The lowest BCUT2D eigenvalue weighted by Crippen LogP contribution is -2.25. The van der Waals surface area contributed by atoms with Gasteiger partial charge in [-0.1, -0.05) is 6.92 Å². The van der Waals surface area contributed by atoms with Crippen LogP contribution in [0.3, 0.4) is 0 Å². The Morgan fingerprint density at radius 2 is 1.94 bits per heavy atom. The Bertz CT molecular complexity index is 462. The van der Waals surface area contributed by atoms with E-state index in [-0.39, 0.29) is 5.75 Å². The van der Waals surface area contributed by atoms with Crippen LogP contribution in [0.25, 0.3) is 0 Å². The molecule has 1 aliphatic carbocycles. The number of esters is 1. The first-order valence-corrected chi connectivity index (χ1v) is 5.88. The molecule has 1 aromatic rings. The Hall–Kier alpha value is -2.04. The maximum absolute atomic E-state index is 11.7. The van der Waals surface area contributed by atoms with Crippen molar-refractivity contribution in [3.8, 4) is 5.75 Å². The molecule has 0 spiro atoms. The summed E-state index contributed by atoms with van der Waals surface area (Å²) in [5.41, 5.74) is 0.0266. The number of rotatable bonds is 3. The van der Waals surface area contributed by atoms with Crippen LogP contribution in [0.5, 0.6) is 5.75 Å². The van der Waals surface area contributed by atoms with Gasteiger partial charge in [0.05, 0.1) is 5.41 Å². The van der Waals surface area contributed by atoms with Crippen LogP contribution >= 0.6 is 0 Å². The molecule has 1 amide bonds. The number of phenols is 1. The van der Waals surface area contributed by atoms with Crippen LogP contribution in [0.2, 0.25) is 0 Å². The van der Waals surface area contributed by atoms with Gasteiger partial charge in [0.15, 0.2) is 0 Å². The lowest BCUT2D eigenvalue weighted by Gasteiger charge is -2.11. The second-order valence-corrected chi connectivity index (χ2v) is 4.48. The van der Waals surface area contributed by atoms with Gasteiger partial charge in [0.1, 0.15) is 5.75 Å². The molecule has 5 heteroatoms. The summed E-state index contributed by atoms with van der Waals surface area (Å²) in [4.78, 5) is 23.2. The predicted octanol–water partition coefficient (Wildman–Crippen LogP) is 2.66. The van der Waals surface area contributed by atoms with Gasteiger partial charge in [-0.15, -0.1) is 0 Å². The fourth-order valence-corrected chi connectivity index (χ4v) is 1.73. The topological polar surface area (TPSA) is 75.6 Å². The molecule has 0 radical (unpaired) electrons. The molecule has 0 bridgehead atoms. The number of anilines is 1. The van der Waals surface area contributed by atoms with Crippen LogP contribution in [0.1, 0.15) is 26.2 Å². The van der Waals surface area contributed by atoms with Gasteiger partial charge in [-0.2, -0.15) is 0 Å². The largest absolute Gasteiger partial charge is 0.508 e. The molecule has 96 valence electrons. The number of carbonyl (C=O) groups is 2. The molecule has 0 aromatic heterocycles. The first-order chi connectivity index (χ1) is 8.55. The molecule has 0 unspecified atom stereocenters. The molecule has 5 nitrogen and oxygen atoms in total. The Labute approximate surface area is 105 Å². The van der Waals surface area contributed by atoms with Crippen LogP contribution in [-0.4, -0.2) is 17.2 Å². The minimum absolute atomic E-state index is 0.105. The second-order valence-electron chi connectivity index (χ2n) is 4.48. The van der Waals surface area contributed by atoms with Gasteiger partial charge in [0.25, 0.3) is 0 Å². The van der Waals surface area contributed by atoms with E-state index in [0.29, 0.717) is 12.1 Å². The predicted molar refractivity (Wildman–Crippen MR) is 65.2 cm³/mol. The fraction of sp³-hybridized carbons (Fsp3) is 0.385. The number of ether oxygens (including phenoxy) is 1. The van der Waals surface area contributed by atoms with E-state index < -0.39 is 17.5 Å². The Morgan fingerprint density at radius 3 is 2.44 bits per heavy atom. The van der Waals surface area contributed by atoms with Crippen LogP contribution in [0.4, 0.5) is 10.5 Å². The third-order valence-electron chi connectivity index (χ3n) is 3.26. The zero-order chi connectivity index (χ0) is 13.2. The molecule has 1 fully saturated rings. The van der Waals surface area contributed by atoms with Crippen molar-refractivity contribution in [3.05, 3.63) is 24.3 Å². The van der Waals surface area contributed by atoms with Crippen molar-refractivity contribution in [3.63, 3.8) is 0 Å². The first kappa shape index (κ1) is 12.4. The Kier molecular flexibility index (Phi) is 3.23. The standard InChI is InChI=1S/C13H15NO4/c1-2-13(7-8-13)11(16)18-12(17)14-9-3-5-10(15)6-4-9/h3-6,15H,2,7-8H2,1H3,(H,14,17). The minimum atomic E-state index is -0.787. The highest BCUT2D eigenvalue weighted by atomic mass is 16.6. The molecule has 18 heavy (non-hydrogen) atoms. The monoisotopic (exact) mass is 249 g/mol. The van der Waals surface area contributed by atoms with Gasteiger partial charge < -0.3 is 9.84 Å². The summed E-state index contributed by atoms with van der Waals surface area (Å²) in [6.45, 7) is 1.91. The molecule has 0 aliphatic heterocycles. The van der Waals surface area contributed by atoms with E-state index in [4.69, 9.17) is 9.84 Å². The van der Waals surface area contributed by atoms with Crippen LogP contribution < -0.4 is 5.32 Å². The van der Waals surface area contributed by atoms with E-state index in [1.807, 2.05) is 6.92 Å². The number of nitrogens with one attached hydrogen (secondary N) is 1. The van der Waals surface area contributed by atoms with E-state index in [9.17, 15) is 9.59 Å². The Balaban J connectivity index is 1.89. The summed E-state index contributed by atoms with van der Waals surface area (Å²) in [6.07, 6.45) is 1.48. The number of hydrogen-bond donors (Lipinski definition) is 2. The summed E-state index contributed by atoms with van der Waals surface area (Å²) >= 11 is 0. The van der Waals surface area contributed by atoms with E-state index >= 15 is 0 Å². The highest BCUT2D eigenvalue weighted by Gasteiger charge is 2.50. The van der Waals surface area contributed by atoms with Crippen molar-refractivity contribution in [2.24, 2.45) is 5.41 Å². The molecule has 2 rings (SSSR count). The van der Waals surface area contributed by atoms with Crippen molar-refractivity contribution < 1.29 is 19.4 Å². The number of amides is 1. The number of aromatic hydroxyl groups is 1. The summed E-state index contributed by atoms with van der Waals surface area (Å²) in [6, 6.07) is 5.92. The van der Waals surface area contributed by atoms with Crippen LogP contribution in [-0.2, 0) is 9.53 Å². The van der Waals surface area contributed by atoms with Crippen molar-refractivity contribution >= 4 is 17.7 Å². The first-order valence-electron chi connectivity index (χ1n) is 5.88. The Morgan fingerprint density at radius 1 is 1.33 bits per heavy atom. The smallest absolute Gasteiger partial charge is 0.419 e. The maximum Gasteiger partial charge on any atom is 0.419 e. The summed E-state index contributed by atoms with van der Waals surface area (Å²) in [5, 5.41) is 11.5. The zero-order valence-electron chi connectivity index (χ0n) is 10.1. The highest BCUT2D eigenvalue weighted by molar-refractivity contribution is 5.95. The van der Waals surface area contributed by atoms with Crippen molar-refractivity contribution in [1.29, 1.82) is 0 Å². The van der Waals surface area contributed by atoms with Crippen molar-refractivity contribution in [1.82, 2.24) is 0 Å². The summed E-state index contributed by atoms with van der Waals surface area (Å²) in [5.74, 6) is -0.353. The second kappa shape index (κ2) is 4.68. The van der Waals surface area contributed by atoms with Crippen LogP contribution in [0.15, 0.2) is 24.3 Å². The molecular formula is C13H15NO4. The number of benzene rings is 1. The summed E-state index contributed by atoms with van der Waals surface area (Å²) < 4.78 is 4.75. The number of carbonyl (C=O) groups excluding carboxylic acids is 2. The normalized spacial score (nSPS) is 15.8. The van der Waals surface area contributed by atoms with Gasteiger partial charge in [-0.25, -0.2) is 4.79 Å². The fourth-order valence-electron chi connectivity index (χ4n) is 1.73. The third kappa shape index (κ3) is 2.61. The van der Waals surface area contributed by atoms with Gasteiger partial charge in [-0.05, 0) is 43.5 Å². The van der Waals surface area contributed by atoms with Crippen molar-refractivity contribution in [2.75, 3.05) is 5.32 Å². The number of hydrogen-bond acceptors (Lipinski definition) is 4. The highest BCUT2D eigenvalue weighted by Crippen LogP contribution is 2.49. The third-order valence-corrected chi connectivity index (χ3v) is 3.26. The van der Waals surface area contributed by atoms with Gasteiger partial charge in [-0.3, -0.25) is 10.1 Å². The molecule has 2 N–H and O–H groups in total. The van der Waals surface area contributed by atoms with Crippen molar-refractivity contribution in [2.45, 2.75) is 26.2 Å². The average molecular weight is 249 g/mol. The van der Waals surface area contributed by atoms with Gasteiger partial charge >= 0.3 is 12.1 Å². The van der Waals surface area contributed by atoms with E-state index in [1.165, 1.54) is 24.3 Å². The average Bonchev–Trinajstić information content (AvgIpc) is 3.13. The summed E-state index contributed by atoms with van der Waals surface area (Å²) in [7, 11) is 0. The SMILES string of the molecule is CCC1(C(=O)OC(=O)Nc2ccc(O)cc2)CC1. The molecule has 1 aromatic carbocycles. The molecule has 0 atom stereocenters. The van der Waals surface area contributed by atoms with Gasteiger partial charge in [0, 0.05) is 5.69 Å². The lowest BCUT2D eigenvalue weighted by molar-refractivity contribution is -0.143. The molecule has 1 aliphatic rings. The number of phenolic OH excluding ortho intramolecular Hbond substituents is 1. The van der Waals surface area contributed by atoms with E-state index in [2.05, 4.69) is 5.32 Å². The van der Waals surface area contributed by atoms with E-state index in [1.54, 1.807) is 0 Å². The lowest BCUT2D eigenvalue weighted by atomic mass is 10.1. The molecule has 1 saturated carbocycles. The van der Waals surface area contributed by atoms with E-state index in [0.717, 1.165) is 12.8 Å². The maximum atomic E-state index is 11.7. The molecular weight excluding hydrogens is 234 g/mol. The van der Waals surface area contributed by atoms with Gasteiger partial charge in [0.2, 0.25) is 0 Å². The minimum Gasteiger partial charge on any atom is -0.508 e. The molecule has 0 heterocycles. The van der Waals surface area contributed by atoms with Crippen LogP contribution in [0, 0.1) is 5.41 Å². The quantitative estimate of drug-likeness (QED) is 0.490. The molecule has 0 saturated heterocycles.